The van der Waals surface area contributed by atoms with Crippen LogP contribution in [-0.4, -0.2) is 143 Å². The molecule has 9 atom stereocenters. The minimum absolute atomic E-state index is 0.0347. The highest BCUT2D eigenvalue weighted by Crippen LogP contribution is 2.50. The molecule has 6 aliphatic heterocycles. The minimum atomic E-state index is -2.21. The highest BCUT2D eigenvalue weighted by molar-refractivity contribution is 6.20. The van der Waals surface area contributed by atoms with E-state index < -0.39 is 101 Å². The number of methoxy groups -OCH3 is 1. The predicted octanol–water partition coefficient (Wildman–Crippen LogP) is 4.50. The number of fused-ring (bicyclic) bond motifs is 13. The number of hydrogen-bond donors (Lipinski definition) is 6. The van der Waals surface area contributed by atoms with Crippen molar-refractivity contribution in [2.24, 2.45) is 39.6 Å². The van der Waals surface area contributed by atoms with E-state index in [0.717, 1.165) is 32.5 Å². The van der Waals surface area contributed by atoms with Gasteiger partial charge >= 0.3 is 11.8 Å². The van der Waals surface area contributed by atoms with Crippen molar-refractivity contribution in [1.82, 2.24) is 15.1 Å². The number of allylic oxidation sites excluding steroid dienone is 2. The number of benzene rings is 2. The zero-order valence-electron chi connectivity index (χ0n) is 43.4. The van der Waals surface area contributed by atoms with Crippen molar-refractivity contribution in [3.8, 4) is 17.2 Å². The lowest BCUT2D eigenvalue weighted by Gasteiger charge is -2.38. The summed E-state index contributed by atoms with van der Waals surface area (Å²) in [7, 11) is 3.44. The quantitative estimate of drug-likeness (QED) is 0.0925. The number of hydrogen-bond acceptors (Lipinski definition) is 16. The lowest BCUT2D eigenvalue weighted by molar-refractivity contribution is -0.164. The molecule has 6 N–H and O–H groups in total. The van der Waals surface area contributed by atoms with Gasteiger partial charge in [0.2, 0.25) is 5.91 Å². The molecule has 6 aliphatic rings. The molecular formula is C54H74N6O12. The maximum atomic E-state index is 15.1. The number of nitrogens with one attached hydrogen (secondary N) is 2. The van der Waals surface area contributed by atoms with E-state index in [9.17, 15) is 34.8 Å². The first-order chi connectivity index (χ1) is 34.0. The molecule has 0 radical (unpaired) electrons. The lowest BCUT2D eigenvalue weighted by atomic mass is 9.78. The molecule has 0 aliphatic carbocycles. The number of carbonyl (C=O) groups is 4. The largest absolute Gasteiger partial charge is 0.507 e. The second-order valence-electron chi connectivity index (χ2n) is 21.1. The summed E-state index contributed by atoms with van der Waals surface area (Å²) in [5, 5.41) is 53.8. The molecule has 6 heterocycles. The third kappa shape index (κ3) is 10.7. The number of phenols is 2. The summed E-state index contributed by atoms with van der Waals surface area (Å²) in [4.78, 5) is 70.8. The molecule has 5 bridgehead atoms. The van der Waals surface area contributed by atoms with Crippen LogP contribution in [0.1, 0.15) is 96.5 Å². The van der Waals surface area contributed by atoms with Crippen LogP contribution in [0, 0.1) is 36.5 Å². The van der Waals surface area contributed by atoms with Crippen molar-refractivity contribution in [2.75, 3.05) is 52.2 Å². The number of rotatable bonds is 8. The van der Waals surface area contributed by atoms with Gasteiger partial charge in [0.05, 0.1) is 40.9 Å². The number of aliphatic hydroxyl groups excluding tert-OH is 2. The number of phenolic OH excluding ortho intramolecular Hbond substituents is 2. The summed E-state index contributed by atoms with van der Waals surface area (Å²) in [6, 6.07) is -0.0800. The maximum Gasteiger partial charge on any atom is 0.336 e. The lowest BCUT2D eigenvalue weighted by Crippen LogP contribution is -2.47. The van der Waals surface area contributed by atoms with Crippen LogP contribution in [0.15, 0.2) is 58.8 Å². The predicted molar refractivity (Wildman–Crippen MR) is 270 cm³/mol. The highest BCUT2D eigenvalue weighted by atomic mass is 16.7. The van der Waals surface area contributed by atoms with E-state index in [1.54, 1.807) is 52.8 Å². The molecule has 2 fully saturated rings. The summed E-state index contributed by atoms with van der Waals surface area (Å²) in [6.07, 6.45) is 6.31. The van der Waals surface area contributed by atoms with Gasteiger partial charge in [0.25, 0.3) is 11.7 Å². The fourth-order valence-electron chi connectivity index (χ4n) is 10.8. The third-order valence-electron chi connectivity index (χ3n) is 15.3. The van der Waals surface area contributed by atoms with Gasteiger partial charge in [0.1, 0.15) is 35.1 Å². The van der Waals surface area contributed by atoms with E-state index in [0.29, 0.717) is 31.8 Å². The van der Waals surface area contributed by atoms with Crippen LogP contribution in [0.25, 0.3) is 10.8 Å². The van der Waals surface area contributed by atoms with Crippen LogP contribution in [0.2, 0.25) is 0 Å². The van der Waals surface area contributed by atoms with Crippen LogP contribution in [-0.2, 0) is 28.6 Å². The van der Waals surface area contributed by atoms with Gasteiger partial charge in [0.15, 0.2) is 11.4 Å². The van der Waals surface area contributed by atoms with Crippen molar-refractivity contribution >= 4 is 40.0 Å². The Labute approximate surface area is 421 Å². The molecule has 392 valence electrons. The Bertz CT molecular complexity index is 2670. The van der Waals surface area contributed by atoms with Gasteiger partial charge < -0.3 is 59.8 Å². The van der Waals surface area contributed by atoms with Crippen LogP contribution in [0.4, 0.5) is 5.69 Å². The summed E-state index contributed by atoms with van der Waals surface area (Å²) >= 11 is 0. The van der Waals surface area contributed by atoms with Crippen LogP contribution < -0.4 is 26.1 Å². The Morgan fingerprint density at radius 3 is 2.26 bits per heavy atom. The molecule has 18 nitrogen and oxygen atoms in total. The topological polar surface area (TPSA) is 241 Å². The number of esters is 1. The Morgan fingerprint density at radius 1 is 0.958 bits per heavy atom. The standard InChI is InChI=1S/C54H74N6O12/c1-12-54-51(67)41-39-40(47(65)34(9)50(41)72-54)48(66)44(43-42(39)57-53(58-43)19-23-60(24-20-53)27-28(2)3)56-52(68)30(5)15-13-14-29(4)45(63)32(7)46(64)33(8)49(31(6)36(69-11)18-25-70-54)71-38(62)26-37(61)55-35-16-21-59(10)22-17-35/h12-15,18,25,28-29,31-33,35-36,45-46,49,63-66H,1,16-17,19-24,26-27H2,2-11H3,(H,55,61)(H,56,68)/b14-13+,25-18+,30-15-/t29-,31+,32+,33+,36-,45-,46+,49+,54-/m0/s1. The molecule has 0 saturated carbocycles. The number of amides is 2. The van der Waals surface area contributed by atoms with E-state index in [1.807, 2.05) is 7.05 Å². The Balaban J connectivity index is 1.32. The maximum absolute atomic E-state index is 15.1. The molecule has 72 heavy (non-hydrogen) atoms. The number of ketones is 1. The van der Waals surface area contributed by atoms with E-state index in [-0.39, 0.29) is 55.7 Å². The average Bonchev–Trinajstić information content (AvgIpc) is 3.86. The van der Waals surface area contributed by atoms with E-state index in [2.05, 4.69) is 40.9 Å². The first-order valence-corrected chi connectivity index (χ1v) is 25.3. The van der Waals surface area contributed by atoms with Crippen LogP contribution >= 0.6 is 0 Å². The fourth-order valence-corrected chi connectivity index (χ4v) is 10.8. The third-order valence-corrected chi connectivity index (χ3v) is 15.3. The number of carbonyl (C=O) groups excluding carboxylic acids is 4. The average molecular weight is 999 g/mol. The number of anilines is 1. The number of ether oxygens (including phenoxy) is 4. The smallest absolute Gasteiger partial charge is 0.336 e. The molecule has 2 saturated heterocycles. The number of Topliss-reactive ketones (excluding diaryl/α,β-unsaturated/α-hetero) is 1. The molecular weight excluding hydrogens is 925 g/mol. The number of aromatic hydroxyl groups is 2. The van der Waals surface area contributed by atoms with E-state index in [1.165, 1.54) is 32.4 Å². The van der Waals surface area contributed by atoms with Gasteiger partial charge in [0, 0.05) is 91.9 Å². The molecule has 2 aromatic carbocycles. The second-order valence-corrected chi connectivity index (χ2v) is 21.1. The molecule has 18 heteroatoms. The van der Waals surface area contributed by atoms with Crippen molar-refractivity contribution in [1.29, 1.82) is 0 Å². The van der Waals surface area contributed by atoms with Crippen LogP contribution in [0.5, 0.6) is 17.2 Å². The fraction of sp³-hybridized carbons (Fsp3) is 0.593. The monoisotopic (exact) mass is 999 g/mol. The second kappa shape index (κ2) is 21.8. The summed E-state index contributed by atoms with van der Waals surface area (Å²) in [5.74, 6) is -8.27. The van der Waals surface area contributed by atoms with Gasteiger partial charge in [-0.15, -0.1) is 0 Å². The SMILES string of the molecule is C=C[C@@]12O/C=C/[C@H](OC)[C@@H](C)[C@@H](OC(=O)CC(=O)NC3CCN(C)CC3)[C@H](C)[C@H](O)[C@H](C)[C@@H](O)[C@@H](C)/C=C/C=C(/C)C(=O)Nc3c(O)c4c(O)c(C)c(c(c4c4c3=NC3(CCN(CC(C)C)CC3)N=4)C1=O)O2. The van der Waals surface area contributed by atoms with Gasteiger partial charge in [-0.25, -0.2) is 0 Å². The number of likely N-dealkylation sites (tertiary alicyclic amines) is 2. The first-order valence-electron chi connectivity index (χ1n) is 25.3. The van der Waals surface area contributed by atoms with Gasteiger partial charge in [-0.2, -0.15) is 0 Å². The minimum Gasteiger partial charge on any atom is -0.507 e. The molecule has 0 unspecified atom stereocenters. The number of nitrogens with zero attached hydrogens (tertiary/aromatic N) is 4. The number of piperidine rings is 2. The summed E-state index contributed by atoms with van der Waals surface area (Å²) < 4.78 is 24.6. The molecule has 8 rings (SSSR count). The Kier molecular flexibility index (Phi) is 16.4. The Morgan fingerprint density at radius 2 is 1.62 bits per heavy atom. The van der Waals surface area contributed by atoms with Crippen molar-refractivity contribution < 1.29 is 58.6 Å². The van der Waals surface area contributed by atoms with E-state index in [4.69, 9.17) is 28.9 Å². The van der Waals surface area contributed by atoms with Gasteiger partial charge in [-0.3, -0.25) is 29.2 Å². The number of aliphatic hydroxyl groups is 2. The van der Waals surface area contributed by atoms with Gasteiger partial charge in [-0.1, -0.05) is 66.3 Å². The molecule has 1 spiro atoms. The normalized spacial score (nSPS) is 31.2. The Hall–Kier alpha value is -5.66. The highest BCUT2D eigenvalue weighted by Gasteiger charge is 2.52. The molecule has 2 aromatic rings. The van der Waals surface area contributed by atoms with Gasteiger partial charge in [-0.05, 0) is 58.8 Å². The summed E-state index contributed by atoms with van der Waals surface area (Å²) in [6.45, 7) is 22.0. The van der Waals surface area contributed by atoms with Crippen molar-refractivity contribution in [2.45, 2.75) is 129 Å². The van der Waals surface area contributed by atoms with Crippen LogP contribution in [0.3, 0.4) is 0 Å². The van der Waals surface area contributed by atoms with Crippen molar-refractivity contribution in [3.05, 3.63) is 70.6 Å². The van der Waals surface area contributed by atoms with E-state index >= 15 is 4.79 Å². The van der Waals surface area contributed by atoms with Crippen molar-refractivity contribution in [3.63, 3.8) is 0 Å². The molecule has 2 amide bonds. The first kappa shape index (κ1) is 54.1. The zero-order valence-corrected chi connectivity index (χ0v) is 43.4. The zero-order chi connectivity index (χ0) is 52.6. The summed E-state index contributed by atoms with van der Waals surface area (Å²) in [5.41, 5.74) is -0.824. The molecule has 0 aromatic heterocycles.